The van der Waals surface area contributed by atoms with Gasteiger partial charge in [-0.1, -0.05) is 48.5 Å². The molecular formula is C24H19NO5. The second-order valence-electron chi connectivity index (χ2n) is 6.42. The van der Waals surface area contributed by atoms with Crippen LogP contribution in [0.25, 0.3) is 17.2 Å². The van der Waals surface area contributed by atoms with Crippen LogP contribution in [0.15, 0.2) is 78.9 Å². The number of rotatable bonds is 6. The Morgan fingerprint density at radius 2 is 1.60 bits per heavy atom. The molecule has 0 aliphatic heterocycles. The molecule has 0 aromatic heterocycles. The Labute approximate surface area is 173 Å². The second kappa shape index (κ2) is 9.34. The maximum Gasteiger partial charge on any atom is 0.337 e. The van der Waals surface area contributed by atoms with Gasteiger partial charge >= 0.3 is 11.9 Å². The summed E-state index contributed by atoms with van der Waals surface area (Å²) in [6.45, 7) is 1.32. The smallest absolute Gasteiger partial charge is 0.337 e. The van der Waals surface area contributed by atoms with Gasteiger partial charge in [0.1, 0.15) is 5.75 Å². The highest BCUT2D eigenvalue weighted by Crippen LogP contribution is 2.26. The van der Waals surface area contributed by atoms with Gasteiger partial charge in [0.25, 0.3) is 0 Å². The topological polar surface area (TPSA) is 92.7 Å². The van der Waals surface area contributed by atoms with Crippen molar-refractivity contribution in [2.75, 3.05) is 5.32 Å². The number of carbonyl (C=O) groups is 3. The summed E-state index contributed by atoms with van der Waals surface area (Å²) in [5.41, 5.74) is 2.64. The first-order valence-electron chi connectivity index (χ1n) is 9.12. The molecule has 0 radical (unpaired) electrons. The largest absolute Gasteiger partial charge is 0.478 e. The minimum Gasteiger partial charge on any atom is -0.478 e. The Bertz CT molecular complexity index is 1100. The molecule has 0 aliphatic rings. The fourth-order valence-electron chi connectivity index (χ4n) is 2.80. The standard InChI is InChI=1S/C24H19NO5/c1-16(26)30-20-11-7-17(8-12-20)9-14-23(27)25-22-15-19(10-13-21(22)24(28)29)18-5-3-2-4-6-18/h2-15H,1H3,(H,25,27)(H,28,29)/b14-9+. The fraction of sp³-hybridized carbons (Fsp3) is 0.0417. The molecule has 0 saturated carbocycles. The molecule has 1 amide bonds. The molecule has 2 N–H and O–H groups in total. The van der Waals surface area contributed by atoms with Crippen LogP contribution in [0.2, 0.25) is 0 Å². The van der Waals surface area contributed by atoms with Gasteiger partial charge in [0, 0.05) is 13.0 Å². The average molecular weight is 401 g/mol. The van der Waals surface area contributed by atoms with E-state index >= 15 is 0 Å². The molecule has 6 nitrogen and oxygen atoms in total. The SMILES string of the molecule is CC(=O)Oc1ccc(/C=C/C(=O)Nc2cc(-c3ccccc3)ccc2C(=O)O)cc1. The number of carboxylic acid groups (broad SMARTS) is 1. The number of anilines is 1. The molecule has 3 rings (SSSR count). The van der Waals surface area contributed by atoms with E-state index < -0.39 is 17.8 Å². The number of aromatic carboxylic acids is 1. The van der Waals surface area contributed by atoms with E-state index in [2.05, 4.69) is 5.32 Å². The van der Waals surface area contributed by atoms with Crippen LogP contribution in [0, 0.1) is 0 Å². The van der Waals surface area contributed by atoms with Gasteiger partial charge in [0.05, 0.1) is 11.3 Å². The molecule has 0 spiro atoms. The van der Waals surface area contributed by atoms with Gasteiger partial charge in [0.15, 0.2) is 0 Å². The summed E-state index contributed by atoms with van der Waals surface area (Å²) in [7, 11) is 0. The molecule has 0 atom stereocenters. The normalized spacial score (nSPS) is 10.6. The molecule has 0 bridgehead atoms. The fourth-order valence-corrected chi connectivity index (χ4v) is 2.80. The number of esters is 1. The Hall–Kier alpha value is -4.19. The highest BCUT2D eigenvalue weighted by molar-refractivity contribution is 6.06. The number of nitrogens with one attached hydrogen (secondary N) is 1. The van der Waals surface area contributed by atoms with E-state index in [1.165, 1.54) is 19.1 Å². The molecule has 6 heteroatoms. The summed E-state index contributed by atoms with van der Waals surface area (Å²) in [5.74, 6) is -1.60. The third-order valence-corrected chi connectivity index (χ3v) is 4.18. The van der Waals surface area contributed by atoms with Gasteiger partial charge in [-0.25, -0.2) is 4.79 Å². The van der Waals surface area contributed by atoms with Crippen molar-refractivity contribution in [1.82, 2.24) is 0 Å². The lowest BCUT2D eigenvalue weighted by Gasteiger charge is -2.10. The first-order chi connectivity index (χ1) is 14.4. The zero-order valence-electron chi connectivity index (χ0n) is 16.2. The molecule has 0 unspecified atom stereocenters. The molecule has 0 heterocycles. The van der Waals surface area contributed by atoms with Gasteiger partial charge in [-0.15, -0.1) is 0 Å². The van der Waals surface area contributed by atoms with Gasteiger partial charge < -0.3 is 15.2 Å². The van der Waals surface area contributed by atoms with E-state index in [0.29, 0.717) is 5.75 Å². The lowest BCUT2D eigenvalue weighted by molar-refractivity contribution is -0.131. The third kappa shape index (κ3) is 5.42. The zero-order chi connectivity index (χ0) is 21.5. The van der Waals surface area contributed by atoms with Crippen LogP contribution >= 0.6 is 0 Å². The van der Waals surface area contributed by atoms with Crippen LogP contribution in [0.3, 0.4) is 0 Å². The van der Waals surface area contributed by atoms with E-state index in [1.807, 2.05) is 30.3 Å². The maximum atomic E-state index is 12.4. The minimum absolute atomic E-state index is 0.00201. The number of carbonyl (C=O) groups excluding carboxylic acids is 2. The molecular weight excluding hydrogens is 382 g/mol. The van der Waals surface area contributed by atoms with E-state index in [9.17, 15) is 19.5 Å². The van der Waals surface area contributed by atoms with Crippen molar-refractivity contribution < 1.29 is 24.2 Å². The van der Waals surface area contributed by atoms with Crippen molar-refractivity contribution in [3.05, 3.63) is 90.0 Å². The van der Waals surface area contributed by atoms with Crippen LogP contribution in [-0.4, -0.2) is 23.0 Å². The zero-order valence-corrected chi connectivity index (χ0v) is 16.2. The van der Waals surface area contributed by atoms with Crippen molar-refractivity contribution in [2.24, 2.45) is 0 Å². The Kier molecular flexibility index (Phi) is 6.39. The van der Waals surface area contributed by atoms with Crippen LogP contribution < -0.4 is 10.1 Å². The van der Waals surface area contributed by atoms with Crippen molar-refractivity contribution in [2.45, 2.75) is 6.92 Å². The van der Waals surface area contributed by atoms with Crippen LogP contribution in [0.4, 0.5) is 5.69 Å². The molecule has 30 heavy (non-hydrogen) atoms. The van der Waals surface area contributed by atoms with E-state index in [0.717, 1.165) is 16.7 Å². The summed E-state index contributed by atoms with van der Waals surface area (Å²) in [5, 5.41) is 12.1. The van der Waals surface area contributed by atoms with Crippen LogP contribution in [0.5, 0.6) is 5.75 Å². The maximum absolute atomic E-state index is 12.4. The highest BCUT2D eigenvalue weighted by atomic mass is 16.5. The first kappa shape index (κ1) is 20.5. The third-order valence-electron chi connectivity index (χ3n) is 4.18. The predicted octanol–water partition coefficient (Wildman–Crippen LogP) is 4.63. The van der Waals surface area contributed by atoms with Gasteiger partial charge in [-0.05, 0) is 47.0 Å². The molecule has 0 aliphatic carbocycles. The Morgan fingerprint density at radius 3 is 2.23 bits per heavy atom. The monoisotopic (exact) mass is 401 g/mol. The van der Waals surface area contributed by atoms with E-state index in [-0.39, 0.29) is 11.3 Å². The number of benzene rings is 3. The number of hydrogen-bond acceptors (Lipinski definition) is 4. The lowest BCUT2D eigenvalue weighted by atomic mass is 10.0. The predicted molar refractivity (Wildman–Crippen MR) is 114 cm³/mol. The molecule has 3 aromatic carbocycles. The average Bonchev–Trinajstić information content (AvgIpc) is 2.73. The van der Waals surface area contributed by atoms with Gasteiger partial charge in [-0.3, -0.25) is 9.59 Å². The van der Waals surface area contributed by atoms with E-state index in [1.54, 1.807) is 42.5 Å². The molecule has 0 fully saturated rings. The van der Waals surface area contributed by atoms with Crippen LogP contribution in [0.1, 0.15) is 22.8 Å². The highest BCUT2D eigenvalue weighted by Gasteiger charge is 2.13. The Balaban J connectivity index is 1.77. The van der Waals surface area contributed by atoms with Gasteiger partial charge in [0.2, 0.25) is 5.91 Å². The van der Waals surface area contributed by atoms with Gasteiger partial charge in [-0.2, -0.15) is 0 Å². The molecule has 150 valence electrons. The number of carboxylic acids is 1. The summed E-state index contributed by atoms with van der Waals surface area (Å²) in [4.78, 5) is 34.8. The summed E-state index contributed by atoms with van der Waals surface area (Å²) in [6.07, 6.45) is 2.88. The molecule has 3 aromatic rings. The van der Waals surface area contributed by atoms with Crippen LogP contribution in [-0.2, 0) is 9.59 Å². The van der Waals surface area contributed by atoms with Crippen molar-refractivity contribution in [1.29, 1.82) is 0 Å². The Morgan fingerprint density at radius 1 is 0.900 bits per heavy atom. The number of hydrogen-bond donors (Lipinski definition) is 2. The van der Waals surface area contributed by atoms with Crippen molar-refractivity contribution in [3.63, 3.8) is 0 Å². The lowest BCUT2D eigenvalue weighted by Crippen LogP contribution is -2.12. The number of ether oxygens (including phenoxy) is 1. The second-order valence-corrected chi connectivity index (χ2v) is 6.42. The summed E-state index contributed by atoms with van der Waals surface area (Å²) >= 11 is 0. The van der Waals surface area contributed by atoms with E-state index in [4.69, 9.17) is 4.74 Å². The first-order valence-corrected chi connectivity index (χ1v) is 9.12. The number of amides is 1. The summed E-state index contributed by atoms with van der Waals surface area (Å²) in [6, 6.07) is 20.9. The quantitative estimate of drug-likeness (QED) is 0.357. The summed E-state index contributed by atoms with van der Waals surface area (Å²) < 4.78 is 4.96. The van der Waals surface area contributed by atoms with Crippen molar-refractivity contribution >= 4 is 29.6 Å². The van der Waals surface area contributed by atoms with Crippen molar-refractivity contribution in [3.8, 4) is 16.9 Å². The molecule has 0 saturated heterocycles. The minimum atomic E-state index is -1.13.